The molecule has 1 heterocycles. The molecule has 1 unspecified atom stereocenters. The number of carbonyl (C=O) groups excluding carboxylic acids is 1. The van der Waals surface area contributed by atoms with Gasteiger partial charge in [-0.15, -0.1) is 0 Å². The third-order valence-electron chi connectivity index (χ3n) is 4.84. The number of hydrogen-bond acceptors (Lipinski definition) is 3. The van der Waals surface area contributed by atoms with Crippen LogP contribution in [0.1, 0.15) is 29.5 Å². The van der Waals surface area contributed by atoms with E-state index in [1.165, 1.54) is 23.6 Å². The fourth-order valence-electron chi connectivity index (χ4n) is 3.69. The molecule has 2 N–H and O–H groups in total. The maximum absolute atomic E-state index is 11.5. The highest BCUT2D eigenvalue weighted by Crippen LogP contribution is 2.42. The second kappa shape index (κ2) is 6.64. The lowest BCUT2D eigenvalue weighted by atomic mass is 9.85. The van der Waals surface area contributed by atoms with Crippen molar-refractivity contribution in [2.45, 2.75) is 19.3 Å². The monoisotopic (exact) mass is 344 g/mol. The number of benzene rings is 2. The van der Waals surface area contributed by atoms with E-state index in [0.29, 0.717) is 12.4 Å². The molecule has 2 aromatic rings. The van der Waals surface area contributed by atoms with Crippen LogP contribution in [0.4, 0.5) is 0 Å². The summed E-state index contributed by atoms with van der Waals surface area (Å²) < 4.78 is 0. The lowest BCUT2D eigenvalue weighted by molar-refractivity contribution is -0.117. The number of aliphatic imine (C=N–C) groups is 1. The largest absolute Gasteiger partial charge is 0.508 e. The number of nitrogens with zero attached hydrogens (tertiary/aromatic N) is 1. The van der Waals surface area contributed by atoms with Crippen molar-refractivity contribution in [1.82, 2.24) is 5.32 Å². The van der Waals surface area contributed by atoms with E-state index in [1.54, 1.807) is 12.1 Å². The van der Waals surface area contributed by atoms with Crippen LogP contribution in [0.15, 0.2) is 70.7 Å². The fourth-order valence-corrected chi connectivity index (χ4v) is 3.69. The molecule has 1 aliphatic heterocycles. The summed E-state index contributed by atoms with van der Waals surface area (Å²) in [4.78, 5) is 16.0. The molecule has 0 saturated carbocycles. The Hall–Kier alpha value is -3.14. The van der Waals surface area contributed by atoms with Crippen molar-refractivity contribution in [3.63, 3.8) is 0 Å². The second-order valence-corrected chi connectivity index (χ2v) is 6.64. The van der Waals surface area contributed by atoms with Gasteiger partial charge in [0, 0.05) is 18.4 Å². The van der Waals surface area contributed by atoms with Gasteiger partial charge >= 0.3 is 0 Å². The van der Waals surface area contributed by atoms with E-state index in [0.717, 1.165) is 17.6 Å². The third kappa shape index (κ3) is 3.06. The van der Waals surface area contributed by atoms with Crippen molar-refractivity contribution >= 4 is 17.8 Å². The van der Waals surface area contributed by atoms with E-state index in [2.05, 4.69) is 40.7 Å². The molecule has 26 heavy (non-hydrogen) atoms. The number of carbonyl (C=O) groups is 1. The number of fused-ring (bicyclic) bond motifs is 1. The Morgan fingerprint density at radius 3 is 2.73 bits per heavy atom. The van der Waals surface area contributed by atoms with Crippen LogP contribution in [0, 0.1) is 0 Å². The third-order valence-corrected chi connectivity index (χ3v) is 4.84. The summed E-state index contributed by atoms with van der Waals surface area (Å²) in [5.74, 6) is 1.02. The number of amides is 1. The molecule has 0 bridgehead atoms. The Bertz CT molecular complexity index is 952. The van der Waals surface area contributed by atoms with Gasteiger partial charge in [-0.2, -0.15) is 0 Å². The number of phenolic OH excluding ortho intramolecular Hbond substituents is 1. The molecule has 0 radical (unpaired) electrons. The molecular weight excluding hydrogens is 324 g/mol. The average Bonchev–Trinajstić information content (AvgIpc) is 3.21. The van der Waals surface area contributed by atoms with Crippen molar-refractivity contribution in [2.75, 3.05) is 6.54 Å². The summed E-state index contributed by atoms with van der Waals surface area (Å²) >= 11 is 0. The maximum Gasteiger partial charge on any atom is 0.222 e. The molecule has 130 valence electrons. The smallest absolute Gasteiger partial charge is 0.222 e. The fraction of sp³-hybridized carbons (Fsp3) is 0.182. The first-order valence-corrected chi connectivity index (χ1v) is 8.73. The number of rotatable bonds is 3. The van der Waals surface area contributed by atoms with Gasteiger partial charge in [0.1, 0.15) is 11.6 Å². The Morgan fingerprint density at radius 1 is 1.19 bits per heavy atom. The minimum Gasteiger partial charge on any atom is -0.508 e. The van der Waals surface area contributed by atoms with Gasteiger partial charge in [0.05, 0.1) is 6.54 Å². The van der Waals surface area contributed by atoms with E-state index in [1.807, 2.05) is 18.2 Å². The predicted molar refractivity (Wildman–Crippen MR) is 103 cm³/mol. The quantitative estimate of drug-likeness (QED) is 0.894. The first kappa shape index (κ1) is 16.3. The van der Waals surface area contributed by atoms with Gasteiger partial charge in [0.25, 0.3) is 0 Å². The van der Waals surface area contributed by atoms with Crippen LogP contribution in [0.3, 0.4) is 0 Å². The summed E-state index contributed by atoms with van der Waals surface area (Å²) in [6.45, 7) is 2.09. The van der Waals surface area contributed by atoms with Gasteiger partial charge in [0.15, 0.2) is 0 Å². The molecule has 4 nitrogen and oxygen atoms in total. The summed E-state index contributed by atoms with van der Waals surface area (Å²) in [6.07, 6.45) is 5.11. The van der Waals surface area contributed by atoms with Gasteiger partial charge in [-0.05, 0) is 40.8 Å². The van der Waals surface area contributed by atoms with Crippen LogP contribution >= 0.6 is 0 Å². The molecule has 4 heteroatoms. The lowest BCUT2D eigenvalue weighted by Crippen LogP contribution is -2.29. The maximum atomic E-state index is 11.5. The molecule has 1 atom stereocenters. The summed E-state index contributed by atoms with van der Waals surface area (Å²) in [6, 6.07) is 15.7. The lowest BCUT2D eigenvalue weighted by Gasteiger charge is -2.19. The first-order chi connectivity index (χ1) is 12.6. The van der Waals surface area contributed by atoms with Crippen molar-refractivity contribution in [2.24, 2.45) is 4.99 Å². The zero-order chi connectivity index (χ0) is 18.1. The summed E-state index contributed by atoms with van der Waals surface area (Å²) in [7, 11) is 0. The minimum absolute atomic E-state index is 0.109. The summed E-state index contributed by atoms with van der Waals surface area (Å²) in [5.41, 5.74) is 5.85. The van der Waals surface area contributed by atoms with Crippen LogP contribution in [-0.4, -0.2) is 23.4 Å². The van der Waals surface area contributed by atoms with Crippen LogP contribution < -0.4 is 5.32 Å². The van der Waals surface area contributed by atoms with E-state index < -0.39 is 0 Å². The van der Waals surface area contributed by atoms with Crippen molar-refractivity contribution < 1.29 is 9.90 Å². The highest BCUT2D eigenvalue weighted by molar-refractivity contribution is 6.12. The first-order valence-electron chi connectivity index (χ1n) is 8.73. The van der Waals surface area contributed by atoms with E-state index >= 15 is 0 Å². The van der Waals surface area contributed by atoms with Gasteiger partial charge in [-0.1, -0.05) is 48.6 Å². The van der Waals surface area contributed by atoms with Crippen LogP contribution in [0.2, 0.25) is 0 Å². The molecule has 0 saturated heterocycles. The molecule has 1 aliphatic carbocycles. The van der Waals surface area contributed by atoms with E-state index in [-0.39, 0.29) is 17.6 Å². The van der Waals surface area contributed by atoms with Gasteiger partial charge in [-0.3, -0.25) is 9.79 Å². The topological polar surface area (TPSA) is 61.7 Å². The van der Waals surface area contributed by atoms with Gasteiger partial charge in [-0.25, -0.2) is 0 Å². The molecular formula is C22H20N2O2. The zero-order valence-corrected chi connectivity index (χ0v) is 14.6. The van der Waals surface area contributed by atoms with Crippen molar-refractivity contribution in [3.05, 3.63) is 82.4 Å². The normalized spacial score (nSPS) is 18.0. The van der Waals surface area contributed by atoms with Crippen LogP contribution in [0.25, 0.3) is 6.08 Å². The minimum atomic E-state index is -0.109. The van der Waals surface area contributed by atoms with Gasteiger partial charge < -0.3 is 10.4 Å². The van der Waals surface area contributed by atoms with E-state index in [9.17, 15) is 9.90 Å². The predicted octanol–water partition coefficient (Wildman–Crippen LogP) is 3.59. The number of amidine groups is 1. The molecule has 1 amide bonds. The summed E-state index contributed by atoms with van der Waals surface area (Å²) in [5, 5.41) is 12.4. The van der Waals surface area contributed by atoms with Crippen molar-refractivity contribution in [3.8, 4) is 5.75 Å². The SMILES string of the molecule is CC(=O)NC1=NCC=C1C1=Cc2ccccc2C1Cc1ccc(O)cc1. The molecule has 2 aliphatic rings. The van der Waals surface area contributed by atoms with E-state index in [4.69, 9.17) is 0 Å². The number of phenols is 1. The zero-order valence-electron chi connectivity index (χ0n) is 14.6. The Morgan fingerprint density at radius 2 is 1.96 bits per heavy atom. The molecule has 0 aromatic heterocycles. The number of nitrogens with one attached hydrogen (secondary N) is 1. The molecule has 0 spiro atoms. The van der Waals surface area contributed by atoms with Crippen LogP contribution in [-0.2, 0) is 11.2 Å². The molecule has 4 rings (SSSR count). The van der Waals surface area contributed by atoms with Crippen molar-refractivity contribution in [1.29, 1.82) is 0 Å². The number of aromatic hydroxyl groups is 1. The number of hydrogen-bond donors (Lipinski definition) is 2. The Kier molecular flexibility index (Phi) is 4.17. The highest BCUT2D eigenvalue weighted by atomic mass is 16.3. The van der Waals surface area contributed by atoms with Crippen LogP contribution in [0.5, 0.6) is 5.75 Å². The molecule has 0 fully saturated rings. The highest BCUT2D eigenvalue weighted by Gasteiger charge is 2.30. The second-order valence-electron chi connectivity index (χ2n) is 6.64. The molecule has 2 aromatic carbocycles. The Labute approximate surface area is 152 Å². The average molecular weight is 344 g/mol. The van der Waals surface area contributed by atoms with Gasteiger partial charge in [0.2, 0.25) is 5.91 Å². The standard InChI is InChI=1S/C22H20N2O2/c1-14(25)24-22-19(10-11-23-22)21-13-16-4-2-3-5-18(16)20(21)12-15-6-8-17(26)9-7-15/h2-10,13,20,26H,11-12H2,1H3,(H,23,24,25). The Balaban J connectivity index is 1.70.